The second-order valence-corrected chi connectivity index (χ2v) is 8.74. The molecule has 0 fully saturated rings. The third-order valence-electron chi connectivity index (χ3n) is 2.93. The molecule has 0 aromatic heterocycles. The highest BCUT2D eigenvalue weighted by Crippen LogP contribution is 2.17. The molecule has 0 aliphatic carbocycles. The molecule has 1 N–H and O–H groups in total. The summed E-state index contributed by atoms with van der Waals surface area (Å²) in [5, 5.41) is 0. The van der Waals surface area contributed by atoms with E-state index in [0.717, 1.165) is 18.2 Å². The Balaban J connectivity index is 2.81. The SMILES string of the molecule is CCCCS(=O)(=O)NC(C)c1ccc(S(C)(=O)=O)cc1. The maximum Gasteiger partial charge on any atom is 0.212 e. The molecule has 1 aromatic rings. The van der Waals surface area contributed by atoms with E-state index < -0.39 is 19.9 Å². The molecule has 0 saturated heterocycles. The monoisotopic (exact) mass is 319 g/mol. The van der Waals surface area contributed by atoms with Crippen molar-refractivity contribution < 1.29 is 16.8 Å². The minimum Gasteiger partial charge on any atom is -0.224 e. The van der Waals surface area contributed by atoms with Gasteiger partial charge in [-0.3, -0.25) is 0 Å². The summed E-state index contributed by atoms with van der Waals surface area (Å²) in [7, 11) is -6.53. The van der Waals surface area contributed by atoms with Crippen LogP contribution in [0.25, 0.3) is 0 Å². The van der Waals surface area contributed by atoms with E-state index in [-0.39, 0.29) is 16.7 Å². The fourth-order valence-electron chi connectivity index (χ4n) is 1.73. The van der Waals surface area contributed by atoms with E-state index in [0.29, 0.717) is 6.42 Å². The molecule has 1 aromatic carbocycles. The number of sulfone groups is 1. The largest absolute Gasteiger partial charge is 0.224 e. The van der Waals surface area contributed by atoms with Crippen LogP contribution in [0.2, 0.25) is 0 Å². The Kier molecular flexibility index (Phi) is 5.73. The van der Waals surface area contributed by atoms with Gasteiger partial charge in [-0.05, 0) is 31.0 Å². The average Bonchev–Trinajstić information content (AvgIpc) is 2.35. The number of hydrogen-bond acceptors (Lipinski definition) is 4. The van der Waals surface area contributed by atoms with Gasteiger partial charge in [0.25, 0.3) is 0 Å². The number of hydrogen-bond donors (Lipinski definition) is 1. The fourth-order valence-corrected chi connectivity index (χ4v) is 3.83. The third-order valence-corrected chi connectivity index (χ3v) is 5.60. The van der Waals surface area contributed by atoms with Crippen molar-refractivity contribution in [1.29, 1.82) is 0 Å². The minimum atomic E-state index is -3.30. The normalized spacial score (nSPS) is 14.2. The van der Waals surface area contributed by atoms with Crippen LogP contribution in [0.1, 0.15) is 38.3 Å². The van der Waals surface area contributed by atoms with E-state index >= 15 is 0 Å². The van der Waals surface area contributed by atoms with Crippen LogP contribution < -0.4 is 4.72 Å². The molecule has 1 unspecified atom stereocenters. The lowest BCUT2D eigenvalue weighted by atomic mass is 10.1. The van der Waals surface area contributed by atoms with Crippen molar-refractivity contribution in [2.45, 2.75) is 37.6 Å². The van der Waals surface area contributed by atoms with Gasteiger partial charge in [0.2, 0.25) is 10.0 Å². The summed E-state index contributed by atoms with van der Waals surface area (Å²) in [6.07, 6.45) is 2.58. The molecule has 114 valence electrons. The fraction of sp³-hybridized carbons (Fsp3) is 0.538. The lowest BCUT2D eigenvalue weighted by Crippen LogP contribution is -2.29. The van der Waals surface area contributed by atoms with Crippen LogP contribution >= 0.6 is 0 Å². The zero-order valence-corrected chi connectivity index (χ0v) is 13.6. The lowest BCUT2D eigenvalue weighted by Gasteiger charge is -2.14. The van der Waals surface area contributed by atoms with Crippen LogP contribution in [-0.4, -0.2) is 28.8 Å². The molecular weight excluding hydrogens is 298 g/mol. The molecule has 0 heterocycles. The Labute approximate surface area is 121 Å². The highest BCUT2D eigenvalue weighted by atomic mass is 32.2. The van der Waals surface area contributed by atoms with Crippen LogP contribution in [0.15, 0.2) is 29.2 Å². The second-order valence-electron chi connectivity index (χ2n) is 4.85. The van der Waals surface area contributed by atoms with Gasteiger partial charge in [-0.25, -0.2) is 21.6 Å². The van der Waals surface area contributed by atoms with Crippen LogP contribution in [0.4, 0.5) is 0 Å². The van der Waals surface area contributed by atoms with Crippen LogP contribution in [-0.2, 0) is 19.9 Å². The maximum absolute atomic E-state index is 11.8. The van der Waals surface area contributed by atoms with Gasteiger partial charge < -0.3 is 0 Å². The van der Waals surface area contributed by atoms with Gasteiger partial charge in [-0.1, -0.05) is 25.5 Å². The van der Waals surface area contributed by atoms with Crippen molar-refractivity contribution in [3.8, 4) is 0 Å². The highest BCUT2D eigenvalue weighted by molar-refractivity contribution is 7.90. The molecule has 0 aliphatic rings. The quantitative estimate of drug-likeness (QED) is 0.832. The standard InChI is InChI=1S/C13H21NO4S2/c1-4-5-10-20(17,18)14-11(2)12-6-8-13(9-7-12)19(3,15)16/h6-9,11,14H,4-5,10H2,1-3H3. The molecule has 0 amide bonds. The first kappa shape index (κ1) is 17.1. The van der Waals surface area contributed by atoms with Crippen molar-refractivity contribution in [3.63, 3.8) is 0 Å². The van der Waals surface area contributed by atoms with E-state index in [1.165, 1.54) is 12.1 Å². The highest BCUT2D eigenvalue weighted by Gasteiger charge is 2.16. The first-order chi connectivity index (χ1) is 9.15. The van der Waals surface area contributed by atoms with E-state index in [4.69, 9.17) is 0 Å². The molecule has 0 radical (unpaired) electrons. The Morgan fingerprint density at radius 1 is 1.10 bits per heavy atom. The molecule has 7 heteroatoms. The van der Waals surface area contributed by atoms with Crippen LogP contribution in [0.5, 0.6) is 0 Å². The first-order valence-corrected chi connectivity index (χ1v) is 10.00. The molecule has 5 nitrogen and oxygen atoms in total. The lowest BCUT2D eigenvalue weighted by molar-refractivity contribution is 0.563. The van der Waals surface area contributed by atoms with Gasteiger partial charge in [-0.15, -0.1) is 0 Å². The molecule has 1 atom stereocenters. The topological polar surface area (TPSA) is 80.3 Å². The summed E-state index contributed by atoms with van der Waals surface area (Å²) in [5.74, 6) is 0.106. The van der Waals surface area contributed by atoms with Crippen molar-refractivity contribution in [2.75, 3.05) is 12.0 Å². The zero-order valence-electron chi connectivity index (χ0n) is 12.0. The van der Waals surface area contributed by atoms with Gasteiger partial charge in [0.15, 0.2) is 9.84 Å². The summed E-state index contributed by atoms with van der Waals surface area (Å²) < 4.78 is 48.9. The van der Waals surface area contributed by atoms with E-state index in [1.54, 1.807) is 19.1 Å². The zero-order chi connectivity index (χ0) is 15.4. The molecule has 0 aliphatic heterocycles. The second kappa shape index (κ2) is 6.69. The number of unbranched alkanes of at least 4 members (excludes halogenated alkanes) is 1. The van der Waals surface area contributed by atoms with E-state index in [9.17, 15) is 16.8 Å². The Bertz CT molecular complexity index is 633. The number of benzene rings is 1. The molecule has 0 spiro atoms. The third kappa shape index (κ3) is 5.22. The maximum atomic E-state index is 11.8. The summed E-state index contributed by atoms with van der Waals surface area (Å²) in [6.45, 7) is 3.67. The van der Waals surface area contributed by atoms with Gasteiger partial charge in [0.05, 0.1) is 10.6 Å². The molecule has 0 bridgehead atoms. The van der Waals surface area contributed by atoms with Gasteiger partial charge >= 0.3 is 0 Å². The van der Waals surface area contributed by atoms with Gasteiger partial charge in [0, 0.05) is 12.3 Å². The van der Waals surface area contributed by atoms with Crippen molar-refractivity contribution in [2.24, 2.45) is 0 Å². The Hall–Kier alpha value is -0.920. The average molecular weight is 319 g/mol. The van der Waals surface area contributed by atoms with Gasteiger partial charge in [-0.2, -0.15) is 0 Å². The predicted octanol–water partition coefficient (Wildman–Crippen LogP) is 1.87. The number of sulfonamides is 1. The van der Waals surface area contributed by atoms with E-state index in [2.05, 4.69) is 4.72 Å². The van der Waals surface area contributed by atoms with E-state index in [1.807, 2.05) is 6.92 Å². The molecular formula is C13H21NO4S2. The number of rotatable bonds is 7. The molecule has 0 saturated carbocycles. The summed E-state index contributed by atoms with van der Waals surface area (Å²) in [4.78, 5) is 0.224. The van der Waals surface area contributed by atoms with Gasteiger partial charge in [0.1, 0.15) is 0 Å². The Morgan fingerprint density at radius 2 is 1.65 bits per heavy atom. The summed E-state index contributed by atoms with van der Waals surface area (Å²) >= 11 is 0. The van der Waals surface area contributed by atoms with Crippen LogP contribution in [0.3, 0.4) is 0 Å². The number of nitrogens with one attached hydrogen (secondary N) is 1. The minimum absolute atomic E-state index is 0.106. The van der Waals surface area contributed by atoms with Crippen molar-refractivity contribution in [3.05, 3.63) is 29.8 Å². The molecule has 20 heavy (non-hydrogen) atoms. The smallest absolute Gasteiger partial charge is 0.212 e. The van der Waals surface area contributed by atoms with Crippen molar-refractivity contribution in [1.82, 2.24) is 4.72 Å². The molecule has 1 rings (SSSR count). The summed E-state index contributed by atoms with van der Waals surface area (Å²) in [5.41, 5.74) is 0.734. The predicted molar refractivity (Wildman–Crippen MR) is 79.8 cm³/mol. The first-order valence-electron chi connectivity index (χ1n) is 6.46. The Morgan fingerprint density at radius 3 is 2.10 bits per heavy atom. The summed E-state index contributed by atoms with van der Waals surface area (Å²) in [6, 6.07) is 5.85. The van der Waals surface area contributed by atoms with Crippen LogP contribution in [0, 0.1) is 0 Å². The van der Waals surface area contributed by atoms with Crippen molar-refractivity contribution >= 4 is 19.9 Å².